The lowest BCUT2D eigenvalue weighted by atomic mass is 10.4. The predicted molar refractivity (Wildman–Crippen MR) is 49.1 cm³/mol. The first kappa shape index (κ1) is 10.4. The van der Waals surface area contributed by atoms with Gasteiger partial charge >= 0.3 is 5.97 Å². The van der Waals surface area contributed by atoms with Crippen LogP contribution in [0.3, 0.4) is 0 Å². The lowest BCUT2D eigenvalue weighted by Crippen LogP contribution is -2.14. The third-order valence-electron chi connectivity index (χ3n) is 1.39. The van der Waals surface area contributed by atoms with E-state index in [1.54, 1.807) is 13.8 Å². The lowest BCUT2D eigenvalue weighted by Gasteiger charge is -2.06. The maximum atomic E-state index is 11.3. The summed E-state index contributed by atoms with van der Waals surface area (Å²) in [6.07, 6.45) is 2.67. The molecule has 0 aliphatic rings. The Bertz CT molecular complexity index is 308. The van der Waals surface area contributed by atoms with Crippen LogP contribution < -0.4 is 4.74 Å². The van der Waals surface area contributed by atoms with Crippen molar-refractivity contribution in [2.24, 2.45) is 0 Å². The van der Waals surface area contributed by atoms with Crippen LogP contribution in [0.25, 0.3) is 0 Å². The number of hydrogen-bond acceptors (Lipinski definition) is 5. The van der Waals surface area contributed by atoms with E-state index in [0.717, 1.165) is 0 Å². The topological polar surface area (TPSA) is 61.3 Å². The van der Waals surface area contributed by atoms with Crippen LogP contribution in [-0.4, -0.2) is 29.2 Å². The molecule has 1 aromatic heterocycles. The van der Waals surface area contributed by atoms with Gasteiger partial charge in [0.1, 0.15) is 0 Å². The Kier molecular flexibility index (Phi) is 3.39. The first-order valence-electron chi connectivity index (χ1n) is 4.20. The van der Waals surface area contributed by atoms with Crippen LogP contribution in [0.2, 0.25) is 0 Å². The van der Waals surface area contributed by atoms with E-state index in [0.29, 0.717) is 5.75 Å². The van der Waals surface area contributed by atoms with Crippen LogP contribution in [0.15, 0.2) is 12.4 Å². The Hall–Kier alpha value is -1.65. The summed E-state index contributed by atoms with van der Waals surface area (Å²) in [6, 6.07) is 0. The molecule has 1 rings (SSSR count). The summed E-state index contributed by atoms with van der Waals surface area (Å²) >= 11 is 0. The maximum Gasteiger partial charge on any atom is 0.376 e. The summed E-state index contributed by atoms with van der Waals surface area (Å²) in [5.41, 5.74) is 0. The molecule has 0 spiro atoms. The number of ether oxygens (including phenoxy) is 2. The van der Waals surface area contributed by atoms with Gasteiger partial charge in [-0.3, -0.25) is 0 Å². The van der Waals surface area contributed by atoms with Crippen molar-refractivity contribution in [2.75, 3.05) is 7.11 Å². The van der Waals surface area contributed by atoms with Gasteiger partial charge in [-0.2, -0.15) is 0 Å². The Morgan fingerprint density at radius 3 is 2.36 bits per heavy atom. The molecule has 5 nitrogen and oxygen atoms in total. The zero-order valence-electron chi connectivity index (χ0n) is 8.35. The van der Waals surface area contributed by atoms with E-state index in [2.05, 4.69) is 9.97 Å². The Balaban J connectivity index is 2.71. The van der Waals surface area contributed by atoms with Gasteiger partial charge in [0.05, 0.1) is 25.6 Å². The summed E-state index contributed by atoms with van der Waals surface area (Å²) in [5, 5.41) is 0. The highest BCUT2D eigenvalue weighted by Gasteiger charge is 2.11. The highest BCUT2D eigenvalue weighted by Crippen LogP contribution is 2.05. The molecule has 76 valence electrons. The molecule has 0 atom stereocenters. The van der Waals surface area contributed by atoms with Gasteiger partial charge in [0.25, 0.3) is 0 Å². The highest BCUT2D eigenvalue weighted by atomic mass is 16.5. The van der Waals surface area contributed by atoms with Crippen LogP contribution in [0.1, 0.15) is 24.5 Å². The second kappa shape index (κ2) is 4.55. The van der Waals surface area contributed by atoms with Gasteiger partial charge in [-0.1, -0.05) is 0 Å². The number of hydrogen-bond donors (Lipinski definition) is 0. The van der Waals surface area contributed by atoms with E-state index < -0.39 is 5.97 Å². The van der Waals surface area contributed by atoms with Crippen molar-refractivity contribution >= 4 is 5.97 Å². The van der Waals surface area contributed by atoms with E-state index in [1.807, 2.05) is 0 Å². The number of aromatic nitrogens is 2. The van der Waals surface area contributed by atoms with Crippen molar-refractivity contribution in [2.45, 2.75) is 20.0 Å². The quantitative estimate of drug-likeness (QED) is 0.676. The summed E-state index contributed by atoms with van der Waals surface area (Å²) in [4.78, 5) is 18.9. The van der Waals surface area contributed by atoms with Crippen LogP contribution in [0.4, 0.5) is 0 Å². The van der Waals surface area contributed by atoms with E-state index in [-0.39, 0.29) is 11.9 Å². The molecule has 0 bridgehead atoms. The van der Waals surface area contributed by atoms with Gasteiger partial charge in [0, 0.05) is 0 Å². The molecule has 0 aliphatic carbocycles. The first-order valence-corrected chi connectivity index (χ1v) is 4.20. The predicted octanol–water partition coefficient (Wildman–Crippen LogP) is 1.05. The third-order valence-corrected chi connectivity index (χ3v) is 1.39. The van der Waals surface area contributed by atoms with Crippen molar-refractivity contribution in [1.29, 1.82) is 0 Å². The fourth-order valence-electron chi connectivity index (χ4n) is 0.794. The minimum absolute atomic E-state index is 0.0412. The second-order valence-electron chi connectivity index (χ2n) is 2.90. The van der Waals surface area contributed by atoms with Crippen LogP contribution in [0, 0.1) is 0 Å². The van der Waals surface area contributed by atoms with E-state index in [1.165, 1.54) is 19.5 Å². The molecule has 0 radical (unpaired) electrons. The minimum Gasteiger partial charge on any atom is -0.494 e. The molecule has 0 fully saturated rings. The van der Waals surface area contributed by atoms with Gasteiger partial charge in [-0.05, 0) is 13.8 Å². The summed E-state index contributed by atoms with van der Waals surface area (Å²) in [7, 11) is 1.50. The zero-order chi connectivity index (χ0) is 10.6. The van der Waals surface area contributed by atoms with Gasteiger partial charge < -0.3 is 9.47 Å². The fourth-order valence-corrected chi connectivity index (χ4v) is 0.794. The third kappa shape index (κ3) is 2.69. The van der Waals surface area contributed by atoms with E-state index >= 15 is 0 Å². The zero-order valence-corrected chi connectivity index (χ0v) is 8.35. The minimum atomic E-state index is -0.525. The largest absolute Gasteiger partial charge is 0.494 e. The number of carbonyl (C=O) groups excluding carboxylic acids is 1. The van der Waals surface area contributed by atoms with Gasteiger partial charge in [0.15, 0.2) is 5.75 Å². The molecule has 14 heavy (non-hydrogen) atoms. The Morgan fingerprint density at radius 1 is 1.36 bits per heavy atom. The monoisotopic (exact) mass is 196 g/mol. The molecule has 0 aliphatic heterocycles. The maximum absolute atomic E-state index is 11.3. The number of rotatable bonds is 3. The summed E-state index contributed by atoms with van der Waals surface area (Å²) < 4.78 is 9.76. The van der Waals surface area contributed by atoms with Crippen LogP contribution in [-0.2, 0) is 4.74 Å². The van der Waals surface area contributed by atoms with Crippen LogP contribution >= 0.6 is 0 Å². The molecular formula is C9H12N2O3. The first-order chi connectivity index (χ1) is 6.63. The lowest BCUT2D eigenvalue weighted by molar-refractivity contribution is 0.0363. The number of carbonyl (C=O) groups is 1. The molecular weight excluding hydrogens is 184 g/mol. The summed E-state index contributed by atoms with van der Waals surface area (Å²) in [6.45, 7) is 3.53. The van der Waals surface area contributed by atoms with Gasteiger partial charge in [-0.15, -0.1) is 0 Å². The molecule has 0 amide bonds. The molecule has 0 unspecified atom stereocenters. The normalized spacial score (nSPS) is 10.0. The smallest absolute Gasteiger partial charge is 0.376 e. The second-order valence-corrected chi connectivity index (χ2v) is 2.90. The molecule has 1 aromatic rings. The number of methoxy groups -OCH3 is 1. The molecule has 0 aromatic carbocycles. The standard InChI is InChI=1S/C9H12N2O3/c1-6(2)14-9(12)8-10-4-7(13-3)5-11-8/h4-6H,1-3H3. The van der Waals surface area contributed by atoms with Crippen molar-refractivity contribution in [3.8, 4) is 5.75 Å². The van der Waals surface area contributed by atoms with Gasteiger partial charge in [-0.25, -0.2) is 14.8 Å². The van der Waals surface area contributed by atoms with E-state index in [9.17, 15) is 4.79 Å². The Morgan fingerprint density at radius 2 is 1.93 bits per heavy atom. The average molecular weight is 196 g/mol. The highest BCUT2D eigenvalue weighted by molar-refractivity contribution is 5.85. The average Bonchev–Trinajstić information content (AvgIpc) is 2.17. The molecule has 0 saturated heterocycles. The number of nitrogens with zero attached hydrogens (tertiary/aromatic N) is 2. The number of esters is 1. The van der Waals surface area contributed by atoms with Crippen molar-refractivity contribution < 1.29 is 14.3 Å². The van der Waals surface area contributed by atoms with Crippen LogP contribution in [0.5, 0.6) is 5.75 Å². The summed E-state index contributed by atoms with van der Waals surface area (Å²) in [5.74, 6) is 0.0215. The fraction of sp³-hybridized carbons (Fsp3) is 0.444. The van der Waals surface area contributed by atoms with Crippen molar-refractivity contribution in [1.82, 2.24) is 9.97 Å². The molecule has 5 heteroatoms. The van der Waals surface area contributed by atoms with Gasteiger partial charge in [0.2, 0.25) is 5.82 Å². The van der Waals surface area contributed by atoms with E-state index in [4.69, 9.17) is 9.47 Å². The van der Waals surface area contributed by atoms with Crippen molar-refractivity contribution in [3.63, 3.8) is 0 Å². The molecule has 1 heterocycles. The van der Waals surface area contributed by atoms with Crippen molar-refractivity contribution in [3.05, 3.63) is 18.2 Å². The molecule has 0 N–H and O–H groups in total. The molecule has 0 saturated carbocycles. The Labute approximate surface area is 82.1 Å². The SMILES string of the molecule is COc1cnc(C(=O)OC(C)C)nc1.